The van der Waals surface area contributed by atoms with Gasteiger partial charge in [0.2, 0.25) is 0 Å². The second-order valence-corrected chi connectivity index (χ2v) is 5.91. The van der Waals surface area contributed by atoms with E-state index >= 15 is 0 Å². The molecule has 1 aromatic heterocycles. The molecule has 1 aromatic rings. The summed E-state index contributed by atoms with van der Waals surface area (Å²) < 4.78 is 5.25. The Balaban J connectivity index is 1.91. The fourth-order valence-corrected chi connectivity index (χ4v) is 2.64. The molecular formula is C13H22N2O. The van der Waals surface area contributed by atoms with Gasteiger partial charge in [-0.3, -0.25) is 4.90 Å². The molecule has 1 unspecified atom stereocenters. The molecule has 0 aliphatic heterocycles. The van der Waals surface area contributed by atoms with Crippen molar-refractivity contribution in [2.75, 3.05) is 7.05 Å². The highest BCUT2D eigenvalue weighted by molar-refractivity contribution is 5.03. The van der Waals surface area contributed by atoms with Crippen molar-refractivity contribution in [1.82, 2.24) is 10.1 Å². The van der Waals surface area contributed by atoms with Crippen LogP contribution in [0.2, 0.25) is 0 Å². The molecule has 1 fully saturated rings. The van der Waals surface area contributed by atoms with Crippen molar-refractivity contribution >= 4 is 0 Å². The van der Waals surface area contributed by atoms with Gasteiger partial charge in [-0.1, -0.05) is 19.0 Å². The van der Waals surface area contributed by atoms with Crippen LogP contribution in [0.15, 0.2) is 10.6 Å². The van der Waals surface area contributed by atoms with Crippen molar-refractivity contribution in [3.63, 3.8) is 0 Å². The van der Waals surface area contributed by atoms with Gasteiger partial charge in [-0.05, 0) is 38.6 Å². The minimum absolute atomic E-state index is 0.510. The van der Waals surface area contributed by atoms with Crippen LogP contribution in [0.25, 0.3) is 0 Å². The van der Waals surface area contributed by atoms with E-state index in [0.29, 0.717) is 11.5 Å². The molecule has 0 radical (unpaired) electrons. The average Bonchev–Trinajstić information content (AvgIpc) is 2.72. The lowest BCUT2D eigenvalue weighted by atomic mass is 9.91. The first-order chi connectivity index (χ1) is 7.46. The van der Waals surface area contributed by atoms with Crippen LogP contribution in [-0.4, -0.2) is 23.1 Å². The van der Waals surface area contributed by atoms with Gasteiger partial charge < -0.3 is 4.52 Å². The summed E-state index contributed by atoms with van der Waals surface area (Å²) in [6, 6.07) is 2.72. The molecule has 0 amide bonds. The fraction of sp³-hybridized carbons (Fsp3) is 0.769. The van der Waals surface area contributed by atoms with Crippen LogP contribution < -0.4 is 0 Å². The molecule has 0 spiro atoms. The normalized spacial score (nSPS) is 24.2. The molecule has 0 saturated heterocycles. The van der Waals surface area contributed by atoms with E-state index < -0.39 is 0 Å². The van der Waals surface area contributed by atoms with Gasteiger partial charge in [-0.25, -0.2) is 0 Å². The summed E-state index contributed by atoms with van der Waals surface area (Å²) in [4.78, 5) is 2.40. The van der Waals surface area contributed by atoms with Crippen molar-refractivity contribution < 1.29 is 4.52 Å². The van der Waals surface area contributed by atoms with Crippen LogP contribution in [-0.2, 0) is 6.54 Å². The van der Waals surface area contributed by atoms with Crippen molar-refractivity contribution in [1.29, 1.82) is 0 Å². The molecule has 3 nitrogen and oxygen atoms in total. The second-order valence-electron chi connectivity index (χ2n) is 5.91. The van der Waals surface area contributed by atoms with Crippen LogP contribution in [0.5, 0.6) is 0 Å². The van der Waals surface area contributed by atoms with Crippen LogP contribution in [0, 0.1) is 12.3 Å². The monoisotopic (exact) mass is 222 g/mol. The lowest BCUT2D eigenvalue weighted by Gasteiger charge is -2.24. The van der Waals surface area contributed by atoms with Gasteiger partial charge in [0, 0.05) is 12.1 Å². The average molecular weight is 222 g/mol. The van der Waals surface area contributed by atoms with Crippen molar-refractivity contribution in [3.05, 3.63) is 17.5 Å². The third-order valence-electron chi connectivity index (χ3n) is 3.65. The Bertz CT molecular complexity index is 357. The molecule has 90 valence electrons. The Kier molecular flexibility index (Phi) is 3.06. The summed E-state index contributed by atoms with van der Waals surface area (Å²) in [6.07, 6.45) is 3.92. The highest BCUT2D eigenvalue weighted by Crippen LogP contribution is 2.39. The van der Waals surface area contributed by atoms with Crippen LogP contribution in [0.1, 0.15) is 44.6 Å². The van der Waals surface area contributed by atoms with Gasteiger partial charge in [0.1, 0.15) is 0 Å². The molecule has 3 heteroatoms. The summed E-state index contributed by atoms with van der Waals surface area (Å²) in [7, 11) is 2.18. The highest BCUT2D eigenvalue weighted by atomic mass is 16.5. The molecule has 1 saturated carbocycles. The van der Waals surface area contributed by atoms with E-state index in [1.54, 1.807) is 0 Å². The largest absolute Gasteiger partial charge is 0.360 e. The van der Waals surface area contributed by atoms with E-state index in [0.717, 1.165) is 18.0 Å². The third-order valence-corrected chi connectivity index (χ3v) is 3.65. The first-order valence-electron chi connectivity index (χ1n) is 6.09. The van der Waals surface area contributed by atoms with E-state index in [-0.39, 0.29) is 0 Å². The molecule has 0 bridgehead atoms. The Morgan fingerprint density at radius 1 is 1.56 bits per heavy atom. The van der Waals surface area contributed by atoms with Crippen molar-refractivity contribution in [2.24, 2.45) is 5.41 Å². The second kappa shape index (κ2) is 4.21. The van der Waals surface area contributed by atoms with Gasteiger partial charge >= 0.3 is 0 Å². The molecule has 1 aliphatic rings. The van der Waals surface area contributed by atoms with Crippen LogP contribution >= 0.6 is 0 Å². The fourth-order valence-electron chi connectivity index (χ4n) is 2.64. The Labute approximate surface area is 97.8 Å². The summed E-state index contributed by atoms with van der Waals surface area (Å²) in [5.41, 5.74) is 1.48. The smallest absolute Gasteiger partial charge is 0.150 e. The molecule has 1 aliphatic carbocycles. The summed E-state index contributed by atoms with van der Waals surface area (Å²) in [5, 5.41) is 3.92. The molecular weight excluding hydrogens is 200 g/mol. The minimum Gasteiger partial charge on any atom is -0.360 e. The maximum absolute atomic E-state index is 5.25. The number of rotatable bonds is 3. The minimum atomic E-state index is 0.510. The lowest BCUT2D eigenvalue weighted by molar-refractivity contribution is 0.197. The maximum atomic E-state index is 5.25. The van der Waals surface area contributed by atoms with Crippen LogP contribution in [0.3, 0.4) is 0 Å². The van der Waals surface area contributed by atoms with E-state index in [1.165, 1.54) is 19.3 Å². The quantitative estimate of drug-likeness (QED) is 0.787. The predicted octanol–water partition coefficient (Wildman–Crippen LogP) is 2.99. The van der Waals surface area contributed by atoms with Gasteiger partial charge in [-0.15, -0.1) is 0 Å². The van der Waals surface area contributed by atoms with Crippen molar-refractivity contribution in [2.45, 2.75) is 52.6 Å². The Hall–Kier alpha value is -0.830. The number of aromatic nitrogens is 1. The van der Waals surface area contributed by atoms with E-state index in [9.17, 15) is 0 Å². The number of aryl methyl sites for hydroxylation is 1. The maximum Gasteiger partial charge on any atom is 0.150 e. The highest BCUT2D eigenvalue weighted by Gasteiger charge is 2.33. The predicted molar refractivity (Wildman–Crippen MR) is 64.1 cm³/mol. The molecule has 16 heavy (non-hydrogen) atoms. The Morgan fingerprint density at radius 3 is 2.81 bits per heavy atom. The van der Waals surface area contributed by atoms with Gasteiger partial charge in [0.05, 0.1) is 12.2 Å². The van der Waals surface area contributed by atoms with E-state index in [2.05, 4.69) is 31.0 Å². The number of hydrogen-bond acceptors (Lipinski definition) is 3. The zero-order valence-corrected chi connectivity index (χ0v) is 10.8. The van der Waals surface area contributed by atoms with Crippen molar-refractivity contribution in [3.8, 4) is 0 Å². The summed E-state index contributed by atoms with van der Waals surface area (Å²) in [6.45, 7) is 7.56. The van der Waals surface area contributed by atoms with Gasteiger partial charge in [-0.2, -0.15) is 0 Å². The zero-order valence-electron chi connectivity index (χ0n) is 10.8. The first-order valence-corrected chi connectivity index (χ1v) is 6.09. The third kappa shape index (κ3) is 2.64. The van der Waals surface area contributed by atoms with E-state index in [4.69, 9.17) is 4.52 Å². The molecule has 0 N–H and O–H groups in total. The van der Waals surface area contributed by atoms with Gasteiger partial charge in [0.15, 0.2) is 5.76 Å². The summed E-state index contributed by atoms with van der Waals surface area (Å²) in [5.74, 6) is 0.977. The molecule has 1 atom stereocenters. The standard InChI is InChI=1S/C13H22N2O/c1-10-7-12(16-14-10)9-15(4)11-5-6-13(2,3)8-11/h7,11H,5-6,8-9H2,1-4H3. The first kappa shape index (κ1) is 11.6. The summed E-state index contributed by atoms with van der Waals surface area (Å²) >= 11 is 0. The number of nitrogens with zero attached hydrogens (tertiary/aromatic N) is 2. The van der Waals surface area contributed by atoms with E-state index in [1.807, 2.05) is 13.0 Å². The lowest BCUT2D eigenvalue weighted by Crippen LogP contribution is -2.29. The Morgan fingerprint density at radius 2 is 2.31 bits per heavy atom. The zero-order chi connectivity index (χ0) is 11.8. The SMILES string of the molecule is Cc1cc(CN(C)C2CCC(C)(C)C2)on1. The molecule has 0 aromatic carbocycles. The topological polar surface area (TPSA) is 29.3 Å². The van der Waals surface area contributed by atoms with Crippen LogP contribution in [0.4, 0.5) is 0 Å². The molecule has 1 heterocycles. The van der Waals surface area contributed by atoms with Gasteiger partial charge in [0.25, 0.3) is 0 Å². The number of hydrogen-bond donors (Lipinski definition) is 0. The molecule has 2 rings (SSSR count).